The molecule has 3 rings (SSSR count). The molecule has 0 radical (unpaired) electrons. The van der Waals surface area contributed by atoms with Gasteiger partial charge in [-0.25, -0.2) is 4.39 Å². The van der Waals surface area contributed by atoms with Crippen LogP contribution in [0.15, 0.2) is 48.5 Å². The van der Waals surface area contributed by atoms with Crippen LogP contribution in [0.2, 0.25) is 0 Å². The van der Waals surface area contributed by atoms with E-state index in [1.807, 2.05) is 9.80 Å². The van der Waals surface area contributed by atoms with E-state index in [-0.39, 0.29) is 35.9 Å². The van der Waals surface area contributed by atoms with E-state index in [0.29, 0.717) is 37.6 Å². The molecule has 2 amide bonds. The highest BCUT2D eigenvalue weighted by Gasteiger charge is 2.26. The summed E-state index contributed by atoms with van der Waals surface area (Å²) in [4.78, 5) is 39.0. The molecule has 31 heavy (non-hydrogen) atoms. The van der Waals surface area contributed by atoms with E-state index < -0.39 is 4.92 Å². The van der Waals surface area contributed by atoms with Crippen LogP contribution in [-0.2, 0) is 9.59 Å². The number of hydrogen-bond donors (Lipinski definition) is 2. The maximum Gasteiger partial charge on any atom is 0.269 e. The molecule has 1 aliphatic rings. The summed E-state index contributed by atoms with van der Waals surface area (Å²) in [5.41, 5.74) is 1.01. The van der Waals surface area contributed by atoms with Crippen LogP contribution in [0.3, 0.4) is 0 Å². The minimum Gasteiger partial charge on any atom is -0.325 e. The van der Waals surface area contributed by atoms with E-state index in [4.69, 9.17) is 0 Å². The summed E-state index contributed by atoms with van der Waals surface area (Å²) in [7, 11) is 0. The van der Waals surface area contributed by atoms with E-state index in [2.05, 4.69) is 10.6 Å². The Labute approximate surface area is 179 Å². The number of carbonyl (C=O) groups excluding carboxylic acids is 2. The number of non-ortho nitro benzene ring substituents is 1. The summed E-state index contributed by atoms with van der Waals surface area (Å²) in [6, 6.07) is 10.9. The zero-order valence-corrected chi connectivity index (χ0v) is 17.1. The summed E-state index contributed by atoms with van der Waals surface area (Å²) in [5.74, 6) is -0.735. The third-order valence-electron chi connectivity index (χ3n) is 5.17. The molecule has 0 saturated carbocycles. The Kier molecular flexibility index (Phi) is 7.27. The Morgan fingerprint density at radius 3 is 2.13 bits per heavy atom. The van der Waals surface area contributed by atoms with Crippen LogP contribution < -0.4 is 10.6 Å². The average molecular weight is 429 g/mol. The zero-order valence-electron chi connectivity index (χ0n) is 17.1. The molecular weight excluding hydrogens is 405 g/mol. The molecule has 1 fully saturated rings. The van der Waals surface area contributed by atoms with E-state index in [9.17, 15) is 24.1 Å². The second kappa shape index (κ2) is 10.1. The van der Waals surface area contributed by atoms with E-state index in [0.717, 1.165) is 0 Å². The van der Waals surface area contributed by atoms with Crippen molar-refractivity contribution in [1.82, 2.24) is 9.80 Å². The van der Waals surface area contributed by atoms with Crippen LogP contribution in [0.5, 0.6) is 0 Å². The summed E-state index contributed by atoms with van der Waals surface area (Å²) < 4.78 is 12.9. The molecule has 1 aliphatic heterocycles. The lowest BCUT2D eigenvalue weighted by atomic mass is 10.2. The van der Waals surface area contributed by atoms with Gasteiger partial charge in [-0.3, -0.25) is 29.5 Å². The maximum atomic E-state index is 12.9. The predicted octanol–water partition coefficient (Wildman–Crippen LogP) is 2.32. The Hall–Kier alpha value is -3.37. The van der Waals surface area contributed by atoms with Crippen LogP contribution >= 0.6 is 0 Å². The number of nitro benzene ring substituents is 1. The van der Waals surface area contributed by atoms with Crippen molar-refractivity contribution in [3.63, 3.8) is 0 Å². The van der Waals surface area contributed by atoms with E-state index in [1.165, 1.54) is 48.5 Å². The van der Waals surface area contributed by atoms with Crippen LogP contribution in [0.1, 0.15) is 6.92 Å². The highest BCUT2D eigenvalue weighted by Crippen LogP contribution is 2.16. The summed E-state index contributed by atoms with van der Waals surface area (Å²) in [6.07, 6.45) is 0. The molecule has 1 heterocycles. The highest BCUT2D eigenvalue weighted by molar-refractivity contribution is 5.94. The highest BCUT2D eigenvalue weighted by atomic mass is 19.1. The van der Waals surface area contributed by atoms with E-state index >= 15 is 0 Å². The largest absolute Gasteiger partial charge is 0.325 e. The third kappa shape index (κ3) is 6.30. The number of nitrogens with zero attached hydrogens (tertiary/aromatic N) is 3. The van der Waals surface area contributed by atoms with Gasteiger partial charge in [-0.15, -0.1) is 0 Å². The summed E-state index contributed by atoms with van der Waals surface area (Å²) >= 11 is 0. The lowest BCUT2D eigenvalue weighted by Crippen LogP contribution is -2.53. The molecule has 0 aliphatic carbocycles. The minimum atomic E-state index is -0.492. The molecule has 1 saturated heterocycles. The van der Waals surface area contributed by atoms with E-state index in [1.54, 1.807) is 6.92 Å². The van der Waals surface area contributed by atoms with Crippen molar-refractivity contribution in [1.29, 1.82) is 0 Å². The van der Waals surface area contributed by atoms with Crippen LogP contribution in [0.4, 0.5) is 21.5 Å². The third-order valence-corrected chi connectivity index (χ3v) is 5.17. The van der Waals surface area contributed by atoms with Crippen molar-refractivity contribution in [3.05, 3.63) is 64.5 Å². The number of piperazine rings is 1. The van der Waals surface area contributed by atoms with Gasteiger partial charge in [0.1, 0.15) is 5.82 Å². The number of hydrogen-bond acceptors (Lipinski definition) is 6. The van der Waals surface area contributed by atoms with Crippen LogP contribution in [0, 0.1) is 15.9 Å². The normalized spacial score (nSPS) is 15.8. The second-order valence-corrected chi connectivity index (χ2v) is 7.34. The Morgan fingerprint density at radius 1 is 1.00 bits per heavy atom. The lowest BCUT2D eigenvalue weighted by molar-refractivity contribution is -0.384. The van der Waals surface area contributed by atoms with Gasteiger partial charge in [0.2, 0.25) is 11.8 Å². The van der Waals surface area contributed by atoms with Crippen molar-refractivity contribution in [2.75, 3.05) is 43.4 Å². The number of nitro groups is 1. The lowest BCUT2D eigenvalue weighted by Gasteiger charge is -2.37. The Morgan fingerprint density at radius 2 is 1.55 bits per heavy atom. The van der Waals surface area contributed by atoms with Gasteiger partial charge < -0.3 is 10.6 Å². The minimum absolute atomic E-state index is 0.0364. The number of rotatable bonds is 7. The van der Waals surface area contributed by atoms with Gasteiger partial charge in [-0.2, -0.15) is 0 Å². The zero-order chi connectivity index (χ0) is 22.4. The predicted molar refractivity (Wildman–Crippen MR) is 114 cm³/mol. The SMILES string of the molecule is CC(C(=O)Nc1ccc([N+](=O)[O-])cc1)N1CCN(CC(=O)Nc2ccc(F)cc2)CC1. The molecule has 2 N–H and O–H groups in total. The fraction of sp³-hybridized carbons (Fsp3) is 0.333. The van der Waals surface area contributed by atoms with Gasteiger partial charge in [-0.1, -0.05) is 0 Å². The second-order valence-electron chi connectivity index (χ2n) is 7.34. The van der Waals surface area contributed by atoms with Crippen molar-refractivity contribution in [3.8, 4) is 0 Å². The first kappa shape index (κ1) is 22.3. The molecule has 0 bridgehead atoms. The number of anilines is 2. The van der Waals surface area contributed by atoms with Gasteiger partial charge in [0, 0.05) is 49.7 Å². The van der Waals surface area contributed by atoms with Crippen molar-refractivity contribution < 1.29 is 18.9 Å². The van der Waals surface area contributed by atoms with Crippen molar-refractivity contribution in [2.24, 2.45) is 0 Å². The molecule has 1 atom stereocenters. The summed E-state index contributed by atoms with van der Waals surface area (Å²) in [5, 5.41) is 16.2. The quantitative estimate of drug-likeness (QED) is 0.517. The summed E-state index contributed by atoms with van der Waals surface area (Å²) in [6.45, 7) is 4.53. The van der Waals surface area contributed by atoms with Gasteiger partial charge in [0.05, 0.1) is 17.5 Å². The molecule has 164 valence electrons. The standard InChI is InChI=1S/C21H24FN5O4/c1-15(21(29)24-18-6-8-19(9-7-18)27(30)31)26-12-10-25(11-13-26)14-20(28)23-17-4-2-16(22)3-5-17/h2-9,15H,10-14H2,1H3,(H,23,28)(H,24,29). The molecular formula is C21H24FN5O4. The Bertz CT molecular complexity index is 928. The number of benzene rings is 2. The fourth-order valence-electron chi connectivity index (χ4n) is 3.32. The van der Waals surface area contributed by atoms with Crippen molar-refractivity contribution in [2.45, 2.75) is 13.0 Å². The molecule has 2 aromatic carbocycles. The van der Waals surface area contributed by atoms with Gasteiger partial charge >= 0.3 is 0 Å². The first-order valence-corrected chi connectivity index (χ1v) is 9.89. The van der Waals surface area contributed by atoms with Gasteiger partial charge in [0.15, 0.2) is 0 Å². The number of amides is 2. The first-order chi connectivity index (χ1) is 14.8. The molecule has 9 nitrogen and oxygen atoms in total. The van der Waals surface area contributed by atoms with Crippen LogP contribution in [-0.4, -0.2) is 65.3 Å². The molecule has 10 heteroatoms. The topological polar surface area (TPSA) is 108 Å². The molecule has 0 spiro atoms. The molecule has 0 aromatic heterocycles. The van der Waals surface area contributed by atoms with Gasteiger partial charge in [-0.05, 0) is 43.3 Å². The monoisotopic (exact) mass is 429 g/mol. The maximum absolute atomic E-state index is 12.9. The number of carbonyl (C=O) groups is 2. The van der Waals surface area contributed by atoms with Crippen molar-refractivity contribution >= 4 is 28.9 Å². The molecule has 2 aromatic rings. The molecule has 1 unspecified atom stereocenters. The smallest absolute Gasteiger partial charge is 0.269 e. The first-order valence-electron chi connectivity index (χ1n) is 9.89. The fourth-order valence-corrected chi connectivity index (χ4v) is 3.32. The van der Waals surface area contributed by atoms with Crippen LogP contribution in [0.25, 0.3) is 0 Å². The van der Waals surface area contributed by atoms with Gasteiger partial charge in [0.25, 0.3) is 5.69 Å². The number of halogens is 1. The average Bonchev–Trinajstić information content (AvgIpc) is 2.75. The number of nitrogens with one attached hydrogen (secondary N) is 2. The Balaban J connectivity index is 1.43.